The predicted octanol–water partition coefficient (Wildman–Crippen LogP) is 4.64. The molecule has 154 valence electrons. The van der Waals surface area contributed by atoms with E-state index in [1.807, 2.05) is 29.6 Å². The molecule has 2 fully saturated rings. The monoisotopic (exact) mass is 495 g/mol. The molecule has 4 rings (SSSR count). The fourth-order valence-corrected chi connectivity index (χ4v) is 5.39. The lowest BCUT2D eigenvalue weighted by Gasteiger charge is -2.24. The van der Waals surface area contributed by atoms with Crippen molar-refractivity contribution >= 4 is 55.3 Å². The van der Waals surface area contributed by atoms with Gasteiger partial charge in [0.2, 0.25) is 5.91 Å². The lowest BCUT2D eigenvalue weighted by molar-refractivity contribution is -0.119. The van der Waals surface area contributed by atoms with Crippen LogP contribution in [0.3, 0.4) is 0 Å². The zero-order valence-electron chi connectivity index (χ0n) is 15.9. The van der Waals surface area contributed by atoms with E-state index in [1.54, 1.807) is 9.80 Å². The summed E-state index contributed by atoms with van der Waals surface area (Å²) in [4.78, 5) is 33.1. The minimum atomic E-state index is -0.0121. The van der Waals surface area contributed by atoms with Crippen molar-refractivity contribution in [3.8, 4) is 11.3 Å². The molecule has 0 bridgehead atoms. The first-order chi connectivity index (χ1) is 14.1. The number of halogens is 1. The van der Waals surface area contributed by atoms with Gasteiger partial charge in [-0.2, -0.15) is 0 Å². The zero-order chi connectivity index (χ0) is 20.2. The molecule has 2 aliphatic heterocycles. The number of carbonyl (C=O) groups excluding carboxylic acids is 2. The van der Waals surface area contributed by atoms with Crippen molar-refractivity contribution in [3.05, 3.63) is 34.1 Å². The Bertz CT molecular complexity index is 868. The number of amides is 2. The quantitative estimate of drug-likeness (QED) is 0.559. The Morgan fingerprint density at radius 3 is 2.86 bits per heavy atom. The topological polar surface area (TPSA) is 62.7 Å². The summed E-state index contributed by atoms with van der Waals surface area (Å²) in [6, 6.07) is 7.97. The molecule has 6 nitrogen and oxygen atoms in total. The van der Waals surface area contributed by atoms with Crippen LogP contribution < -0.4 is 4.90 Å². The van der Waals surface area contributed by atoms with Crippen LogP contribution in [0.15, 0.2) is 34.1 Å². The third kappa shape index (κ3) is 5.20. The van der Waals surface area contributed by atoms with Crippen molar-refractivity contribution in [2.45, 2.75) is 25.4 Å². The van der Waals surface area contributed by atoms with Gasteiger partial charge in [0.1, 0.15) is 0 Å². The number of thiazole rings is 1. The van der Waals surface area contributed by atoms with Crippen molar-refractivity contribution in [1.29, 1.82) is 0 Å². The average molecular weight is 496 g/mol. The van der Waals surface area contributed by atoms with E-state index in [0.29, 0.717) is 31.2 Å². The molecule has 2 aliphatic rings. The minimum absolute atomic E-state index is 0.0121. The molecule has 0 aliphatic carbocycles. The molecule has 0 saturated carbocycles. The first-order valence-corrected chi connectivity index (χ1v) is 12.3. The highest BCUT2D eigenvalue weighted by atomic mass is 79.9. The molecule has 29 heavy (non-hydrogen) atoms. The summed E-state index contributed by atoms with van der Waals surface area (Å²) in [5.41, 5.74) is 1.87. The van der Waals surface area contributed by atoms with Gasteiger partial charge in [0.05, 0.1) is 18.3 Å². The molecular formula is C20H22BrN3O3S2. The van der Waals surface area contributed by atoms with Crippen LogP contribution in [0.5, 0.6) is 0 Å². The first kappa shape index (κ1) is 20.8. The van der Waals surface area contributed by atoms with E-state index in [1.165, 1.54) is 23.1 Å². The lowest BCUT2D eigenvalue weighted by atomic mass is 10.2. The summed E-state index contributed by atoms with van der Waals surface area (Å²) in [5.74, 6) is 0.789. The Balaban J connectivity index is 1.49. The summed E-state index contributed by atoms with van der Waals surface area (Å²) in [6.07, 6.45) is 2.32. The van der Waals surface area contributed by atoms with Crippen molar-refractivity contribution in [3.63, 3.8) is 0 Å². The number of carbonyl (C=O) groups is 2. The van der Waals surface area contributed by atoms with Gasteiger partial charge in [0.25, 0.3) is 5.24 Å². The molecule has 1 aromatic heterocycles. The Morgan fingerprint density at radius 2 is 2.17 bits per heavy atom. The van der Waals surface area contributed by atoms with Gasteiger partial charge < -0.3 is 9.64 Å². The summed E-state index contributed by atoms with van der Waals surface area (Å²) in [5, 5.41) is 2.73. The number of rotatable bonds is 7. The molecule has 1 atom stereocenters. The van der Waals surface area contributed by atoms with Gasteiger partial charge in [0, 0.05) is 47.3 Å². The van der Waals surface area contributed by atoms with Crippen LogP contribution in [-0.2, 0) is 9.53 Å². The van der Waals surface area contributed by atoms with Gasteiger partial charge >= 0.3 is 0 Å². The molecular weight excluding hydrogens is 474 g/mol. The number of nitrogens with zero attached hydrogens (tertiary/aromatic N) is 3. The SMILES string of the molecule is O=C1SCCN1CCC(=O)N(CC1CCCO1)c1nc(-c2ccc(Br)cc2)cs1. The molecule has 3 heterocycles. The summed E-state index contributed by atoms with van der Waals surface area (Å²) < 4.78 is 6.78. The Kier molecular flexibility index (Phi) is 6.89. The maximum Gasteiger partial charge on any atom is 0.281 e. The highest BCUT2D eigenvalue weighted by Gasteiger charge is 2.28. The van der Waals surface area contributed by atoms with Crippen LogP contribution in [0.2, 0.25) is 0 Å². The van der Waals surface area contributed by atoms with E-state index in [-0.39, 0.29) is 17.3 Å². The standard InChI is InChI=1S/C20H22BrN3O3S2/c21-15-5-3-14(4-6-15)17-13-29-19(22-17)24(12-16-2-1-10-27-16)18(25)7-8-23-9-11-28-20(23)26/h3-6,13,16H,1-2,7-12H2. The van der Waals surface area contributed by atoms with Crippen molar-refractivity contribution in [2.75, 3.05) is 36.9 Å². The van der Waals surface area contributed by atoms with Crippen molar-refractivity contribution in [1.82, 2.24) is 9.88 Å². The maximum atomic E-state index is 13.1. The largest absolute Gasteiger partial charge is 0.376 e. The van der Waals surface area contributed by atoms with Gasteiger partial charge in [-0.15, -0.1) is 11.3 Å². The molecule has 1 unspecified atom stereocenters. The normalized spacial score (nSPS) is 19.1. The number of benzene rings is 1. The number of hydrogen-bond donors (Lipinski definition) is 0. The fraction of sp³-hybridized carbons (Fsp3) is 0.450. The minimum Gasteiger partial charge on any atom is -0.376 e. The predicted molar refractivity (Wildman–Crippen MR) is 121 cm³/mol. The van der Waals surface area contributed by atoms with Crippen LogP contribution in [-0.4, -0.2) is 59.1 Å². The van der Waals surface area contributed by atoms with Crippen molar-refractivity contribution in [2.24, 2.45) is 0 Å². The number of ether oxygens (including phenoxy) is 1. The summed E-state index contributed by atoms with van der Waals surface area (Å²) in [7, 11) is 0. The summed E-state index contributed by atoms with van der Waals surface area (Å²) in [6.45, 7) is 2.42. The third-order valence-electron chi connectivity index (χ3n) is 5.01. The molecule has 2 saturated heterocycles. The highest BCUT2D eigenvalue weighted by molar-refractivity contribution is 9.10. The molecule has 2 amide bonds. The van der Waals surface area contributed by atoms with E-state index < -0.39 is 0 Å². The fourth-order valence-electron chi connectivity index (χ4n) is 3.41. The molecule has 0 N–H and O–H groups in total. The van der Waals surface area contributed by atoms with E-state index in [0.717, 1.165) is 40.9 Å². The summed E-state index contributed by atoms with van der Waals surface area (Å²) >= 11 is 6.24. The van der Waals surface area contributed by atoms with Crippen LogP contribution >= 0.6 is 39.0 Å². The number of anilines is 1. The van der Waals surface area contributed by atoms with Gasteiger partial charge in [-0.25, -0.2) is 4.98 Å². The average Bonchev–Trinajstić information content (AvgIpc) is 3.47. The molecule has 2 aromatic rings. The second-order valence-electron chi connectivity index (χ2n) is 7.01. The van der Waals surface area contributed by atoms with Crippen LogP contribution in [0.25, 0.3) is 11.3 Å². The van der Waals surface area contributed by atoms with E-state index in [2.05, 4.69) is 15.9 Å². The second-order valence-corrected chi connectivity index (χ2v) is 9.81. The Morgan fingerprint density at radius 1 is 1.34 bits per heavy atom. The van der Waals surface area contributed by atoms with Gasteiger partial charge in [-0.05, 0) is 25.0 Å². The highest BCUT2D eigenvalue weighted by Crippen LogP contribution is 2.30. The second kappa shape index (κ2) is 9.59. The zero-order valence-corrected chi connectivity index (χ0v) is 19.1. The lowest BCUT2D eigenvalue weighted by Crippen LogP contribution is -2.39. The van der Waals surface area contributed by atoms with E-state index >= 15 is 0 Å². The van der Waals surface area contributed by atoms with Gasteiger partial charge in [-0.1, -0.05) is 39.8 Å². The molecule has 0 radical (unpaired) electrons. The molecule has 1 aromatic carbocycles. The molecule has 0 spiro atoms. The van der Waals surface area contributed by atoms with Crippen LogP contribution in [0.4, 0.5) is 9.93 Å². The van der Waals surface area contributed by atoms with Crippen LogP contribution in [0, 0.1) is 0 Å². The Hall–Kier alpha value is -1.42. The smallest absolute Gasteiger partial charge is 0.281 e. The van der Waals surface area contributed by atoms with Crippen molar-refractivity contribution < 1.29 is 14.3 Å². The van der Waals surface area contributed by atoms with Gasteiger partial charge in [-0.3, -0.25) is 14.5 Å². The van der Waals surface area contributed by atoms with Gasteiger partial charge in [0.15, 0.2) is 5.13 Å². The number of hydrogen-bond acceptors (Lipinski definition) is 6. The third-order valence-corrected chi connectivity index (χ3v) is 7.30. The number of thioether (sulfide) groups is 1. The number of aromatic nitrogens is 1. The maximum absolute atomic E-state index is 13.1. The Labute approximate surface area is 186 Å². The first-order valence-electron chi connectivity index (χ1n) is 9.65. The molecule has 9 heteroatoms. The van der Waals surface area contributed by atoms with E-state index in [9.17, 15) is 9.59 Å². The van der Waals surface area contributed by atoms with Crippen LogP contribution in [0.1, 0.15) is 19.3 Å². The van der Waals surface area contributed by atoms with E-state index in [4.69, 9.17) is 9.72 Å².